The standard InChI is InChI=1S/C15H24FN3O/c1-4-17-15(18-8-9-20-5-2)19-11-13-6-7-14(16)12(3)10-13/h6-7,10H,4-5,8-9,11H2,1-3H3,(H2,17,18,19). The van der Waals surface area contributed by atoms with Crippen LogP contribution in [0.4, 0.5) is 4.39 Å². The fraction of sp³-hybridized carbons (Fsp3) is 0.533. The fourth-order valence-corrected chi connectivity index (χ4v) is 1.70. The Kier molecular flexibility index (Phi) is 7.65. The third-order valence-electron chi connectivity index (χ3n) is 2.73. The fourth-order valence-electron chi connectivity index (χ4n) is 1.70. The van der Waals surface area contributed by atoms with Crippen LogP contribution < -0.4 is 10.6 Å². The normalized spacial score (nSPS) is 11.5. The zero-order valence-corrected chi connectivity index (χ0v) is 12.5. The van der Waals surface area contributed by atoms with Gasteiger partial charge in [-0.2, -0.15) is 0 Å². The average Bonchev–Trinajstić information content (AvgIpc) is 2.44. The van der Waals surface area contributed by atoms with Gasteiger partial charge < -0.3 is 15.4 Å². The first-order valence-electron chi connectivity index (χ1n) is 7.02. The van der Waals surface area contributed by atoms with Crippen LogP contribution in [0.3, 0.4) is 0 Å². The summed E-state index contributed by atoms with van der Waals surface area (Å²) in [6.07, 6.45) is 0. The van der Waals surface area contributed by atoms with Gasteiger partial charge in [-0.1, -0.05) is 12.1 Å². The van der Waals surface area contributed by atoms with Gasteiger partial charge in [0.25, 0.3) is 0 Å². The van der Waals surface area contributed by atoms with E-state index in [0.717, 1.165) is 18.1 Å². The van der Waals surface area contributed by atoms with Crippen LogP contribution in [-0.2, 0) is 11.3 Å². The SMILES string of the molecule is CCNC(=NCc1ccc(F)c(C)c1)NCCOCC. The number of aryl methyl sites for hydroxylation is 1. The molecular formula is C15H24FN3O. The summed E-state index contributed by atoms with van der Waals surface area (Å²) in [5, 5.41) is 6.36. The second kappa shape index (κ2) is 9.31. The van der Waals surface area contributed by atoms with Crippen molar-refractivity contribution in [2.24, 2.45) is 4.99 Å². The molecule has 0 aromatic heterocycles. The minimum atomic E-state index is -0.181. The maximum absolute atomic E-state index is 13.2. The summed E-state index contributed by atoms with van der Waals surface area (Å²) >= 11 is 0. The second-order valence-electron chi connectivity index (χ2n) is 4.40. The molecule has 0 fully saturated rings. The highest BCUT2D eigenvalue weighted by atomic mass is 19.1. The van der Waals surface area contributed by atoms with E-state index in [2.05, 4.69) is 15.6 Å². The summed E-state index contributed by atoms with van der Waals surface area (Å²) in [4.78, 5) is 4.47. The highest BCUT2D eigenvalue weighted by Crippen LogP contribution is 2.09. The van der Waals surface area contributed by atoms with E-state index in [4.69, 9.17) is 4.74 Å². The van der Waals surface area contributed by atoms with Gasteiger partial charge in [0.15, 0.2) is 5.96 Å². The van der Waals surface area contributed by atoms with Gasteiger partial charge in [-0.05, 0) is 38.0 Å². The van der Waals surface area contributed by atoms with Crippen LogP contribution in [0.5, 0.6) is 0 Å². The number of aliphatic imine (C=N–C) groups is 1. The molecular weight excluding hydrogens is 257 g/mol. The molecule has 1 aromatic rings. The van der Waals surface area contributed by atoms with Crippen molar-refractivity contribution in [3.05, 3.63) is 35.1 Å². The molecule has 0 radical (unpaired) electrons. The first-order chi connectivity index (χ1) is 9.67. The smallest absolute Gasteiger partial charge is 0.191 e. The lowest BCUT2D eigenvalue weighted by Gasteiger charge is -2.11. The molecule has 112 valence electrons. The molecule has 0 bridgehead atoms. The van der Waals surface area contributed by atoms with Crippen molar-refractivity contribution in [2.75, 3.05) is 26.3 Å². The lowest BCUT2D eigenvalue weighted by Crippen LogP contribution is -2.39. The van der Waals surface area contributed by atoms with E-state index in [1.165, 1.54) is 6.07 Å². The van der Waals surface area contributed by atoms with Crippen molar-refractivity contribution >= 4 is 5.96 Å². The first kappa shape index (κ1) is 16.4. The number of halogens is 1. The molecule has 20 heavy (non-hydrogen) atoms. The molecule has 0 atom stereocenters. The van der Waals surface area contributed by atoms with E-state index < -0.39 is 0 Å². The number of hydrogen-bond donors (Lipinski definition) is 2. The Balaban J connectivity index is 2.54. The molecule has 0 saturated carbocycles. The van der Waals surface area contributed by atoms with E-state index in [0.29, 0.717) is 31.9 Å². The molecule has 4 nitrogen and oxygen atoms in total. The van der Waals surface area contributed by atoms with Crippen molar-refractivity contribution in [3.8, 4) is 0 Å². The average molecular weight is 281 g/mol. The van der Waals surface area contributed by atoms with E-state index >= 15 is 0 Å². The van der Waals surface area contributed by atoms with Crippen molar-refractivity contribution in [3.63, 3.8) is 0 Å². The highest BCUT2D eigenvalue weighted by Gasteiger charge is 2.00. The number of nitrogens with zero attached hydrogens (tertiary/aromatic N) is 1. The summed E-state index contributed by atoms with van der Waals surface area (Å²) in [7, 11) is 0. The maximum Gasteiger partial charge on any atom is 0.191 e. The van der Waals surface area contributed by atoms with Crippen molar-refractivity contribution < 1.29 is 9.13 Å². The van der Waals surface area contributed by atoms with Gasteiger partial charge in [-0.25, -0.2) is 9.38 Å². The Morgan fingerprint density at radius 1 is 1.30 bits per heavy atom. The van der Waals surface area contributed by atoms with Crippen LogP contribution >= 0.6 is 0 Å². The maximum atomic E-state index is 13.2. The lowest BCUT2D eigenvalue weighted by molar-refractivity contribution is 0.152. The van der Waals surface area contributed by atoms with Crippen molar-refractivity contribution in [1.82, 2.24) is 10.6 Å². The summed E-state index contributed by atoms with van der Waals surface area (Å²) in [5.74, 6) is 0.564. The minimum Gasteiger partial charge on any atom is -0.380 e. The predicted octanol–water partition coefficient (Wildman–Crippen LogP) is 2.23. The zero-order valence-electron chi connectivity index (χ0n) is 12.5. The summed E-state index contributed by atoms with van der Waals surface area (Å²) < 4.78 is 18.4. The number of rotatable bonds is 7. The monoisotopic (exact) mass is 281 g/mol. The minimum absolute atomic E-state index is 0.181. The molecule has 5 heteroatoms. The van der Waals surface area contributed by atoms with Crippen LogP contribution in [0.2, 0.25) is 0 Å². The molecule has 0 saturated heterocycles. The lowest BCUT2D eigenvalue weighted by atomic mass is 10.1. The number of nitrogens with one attached hydrogen (secondary N) is 2. The number of guanidine groups is 1. The van der Waals surface area contributed by atoms with Gasteiger partial charge >= 0.3 is 0 Å². The Bertz CT molecular complexity index is 435. The Labute approximate surface area is 120 Å². The molecule has 0 unspecified atom stereocenters. The predicted molar refractivity (Wildman–Crippen MR) is 80.4 cm³/mol. The Hall–Kier alpha value is -1.62. The van der Waals surface area contributed by atoms with Gasteiger partial charge in [0.05, 0.1) is 13.2 Å². The Morgan fingerprint density at radius 3 is 2.75 bits per heavy atom. The van der Waals surface area contributed by atoms with E-state index in [1.54, 1.807) is 13.0 Å². The van der Waals surface area contributed by atoms with E-state index in [1.807, 2.05) is 19.9 Å². The van der Waals surface area contributed by atoms with Crippen LogP contribution in [0.25, 0.3) is 0 Å². The quantitative estimate of drug-likeness (QED) is 0.458. The van der Waals surface area contributed by atoms with Crippen LogP contribution in [0, 0.1) is 12.7 Å². The summed E-state index contributed by atoms with van der Waals surface area (Å²) in [5.41, 5.74) is 1.64. The first-order valence-corrected chi connectivity index (χ1v) is 7.02. The van der Waals surface area contributed by atoms with Crippen molar-refractivity contribution in [2.45, 2.75) is 27.3 Å². The van der Waals surface area contributed by atoms with Gasteiger partial charge in [-0.3, -0.25) is 0 Å². The molecule has 0 aliphatic rings. The van der Waals surface area contributed by atoms with Crippen LogP contribution in [-0.4, -0.2) is 32.3 Å². The molecule has 1 rings (SSSR count). The van der Waals surface area contributed by atoms with E-state index in [9.17, 15) is 4.39 Å². The van der Waals surface area contributed by atoms with Gasteiger partial charge in [0.2, 0.25) is 0 Å². The molecule has 0 aliphatic carbocycles. The Morgan fingerprint density at radius 2 is 2.10 bits per heavy atom. The molecule has 1 aromatic carbocycles. The van der Waals surface area contributed by atoms with Gasteiger partial charge in [0, 0.05) is 19.7 Å². The van der Waals surface area contributed by atoms with Gasteiger partial charge in [-0.15, -0.1) is 0 Å². The summed E-state index contributed by atoms with van der Waals surface area (Å²) in [6.45, 7) is 9.13. The summed E-state index contributed by atoms with van der Waals surface area (Å²) in [6, 6.07) is 5.06. The van der Waals surface area contributed by atoms with E-state index in [-0.39, 0.29) is 5.82 Å². The molecule has 2 N–H and O–H groups in total. The molecule has 0 aliphatic heterocycles. The highest BCUT2D eigenvalue weighted by molar-refractivity contribution is 5.79. The number of hydrogen-bond acceptors (Lipinski definition) is 2. The third-order valence-corrected chi connectivity index (χ3v) is 2.73. The van der Waals surface area contributed by atoms with Crippen molar-refractivity contribution in [1.29, 1.82) is 0 Å². The number of ether oxygens (including phenoxy) is 1. The topological polar surface area (TPSA) is 45.7 Å². The van der Waals surface area contributed by atoms with Gasteiger partial charge in [0.1, 0.15) is 5.82 Å². The zero-order chi connectivity index (χ0) is 14.8. The molecule has 0 heterocycles. The van der Waals surface area contributed by atoms with Crippen LogP contribution in [0.15, 0.2) is 23.2 Å². The van der Waals surface area contributed by atoms with Crippen LogP contribution in [0.1, 0.15) is 25.0 Å². The second-order valence-corrected chi connectivity index (χ2v) is 4.40. The molecule has 0 amide bonds. The third kappa shape index (κ3) is 6.02. The molecule has 0 spiro atoms. The largest absolute Gasteiger partial charge is 0.380 e. The number of benzene rings is 1.